The number of Topliss-reactive ketones (excluding diaryl/α,β-unsaturated/α-hetero) is 2. The maximum absolute atomic E-state index is 12.8. The van der Waals surface area contributed by atoms with Gasteiger partial charge in [-0.2, -0.15) is 0 Å². The van der Waals surface area contributed by atoms with Gasteiger partial charge in [-0.3, -0.25) is 28.8 Å². The van der Waals surface area contributed by atoms with Gasteiger partial charge in [-0.25, -0.2) is 0 Å². The normalized spacial score (nSPS) is 17.1. The van der Waals surface area contributed by atoms with Crippen LogP contribution in [0.1, 0.15) is 66.2 Å². The van der Waals surface area contributed by atoms with E-state index in [0.717, 1.165) is 12.2 Å². The fourth-order valence-electron chi connectivity index (χ4n) is 3.82. The van der Waals surface area contributed by atoms with Gasteiger partial charge in [-0.15, -0.1) is 0 Å². The van der Waals surface area contributed by atoms with Crippen LogP contribution in [0.5, 0.6) is 0 Å². The van der Waals surface area contributed by atoms with Gasteiger partial charge in [0.25, 0.3) is 0 Å². The van der Waals surface area contributed by atoms with Crippen molar-refractivity contribution in [2.24, 2.45) is 10.8 Å². The zero-order valence-corrected chi connectivity index (χ0v) is 21.1. The molecule has 0 saturated heterocycles. The lowest BCUT2D eigenvalue weighted by molar-refractivity contribution is -0.148. The number of aliphatic carboxylic acids is 2. The van der Waals surface area contributed by atoms with E-state index in [2.05, 4.69) is 0 Å². The van der Waals surface area contributed by atoms with Gasteiger partial charge < -0.3 is 10.2 Å². The number of rotatable bonds is 12. The number of allylic oxidation sites excluding steroid dienone is 10. The third-order valence-electron chi connectivity index (χ3n) is 6.43. The summed E-state index contributed by atoms with van der Waals surface area (Å²) >= 11 is 0. The molecule has 2 aliphatic rings. The molecule has 2 aliphatic carbocycles. The van der Waals surface area contributed by atoms with Crippen LogP contribution in [0.2, 0.25) is 0 Å². The molecular formula is C28H32O8. The molecule has 2 N–H and O–H groups in total. The molecule has 8 heteroatoms. The van der Waals surface area contributed by atoms with Gasteiger partial charge in [0.05, 0.1) is 10.8 Å². The fraction of sp³-hybridized carbons (Fsp3) is 0.429. The summed E-state index contributed by atoms with van der Waals surface area (Å²) in [5.74, 6) is -3.43. The molecule has 0 amide bonds. The first-order valence-corrected chi connectivity index (χ1v) is 11.8. The van der Waals surface area contributed by atoms with Gasteiger partial charge in [0.15, 0.2) is 23.1 Å². The predicted octanol–water partition coefficient (Wildman–Crippen LogP) is 4.11. The molecule has 8 nitrogen and oxygen atoms in total. The van der Waals surface area contributed by atoms with E-state index in [9.17, 15) is 39.0 Å². The molecule has 192 valence electrons. The SMILES string of the molecule is CC(C)(CCCC1=CC(=O)C=C(C=CC2=CC(=O)C=C(CCCC(C)(C)C(=O)O)C2=O)C1=O)C(=O)O. The quantitative estimate of drug-likeness (QED) is 0.384. The smallest absolute Gasteiger partial charge is 0.309 e. The monoisotopic (exact) mass is 496 g/mol. The second kappa shape index (κ2) is 11.4. The highest BCUT2D eigenvalue weighted by Gasteiger charge is 2.29. The zero-order valence-electron chi connectivity index (χ0n) is 21.1. The number of hydrogen-bond donors (Lipinski definition) is 2. The van der Waals surface area contributed by atoms with Gasteiger partial charge in [0.2, 0.25) is 0 Å². The molecule has 0 heterocycles. The summed E-state index contributed by atoms with van der Waals surface area (Å²) in [4.78, 5) is 72.5. The maximum Gasteiger partial charge on any atom is 0.309 e. The Bertz CT molecular complexity index is 1060. The second-order valence-electron chi connectivity index (χ2n) is 10.4. The average Bonchev–Trinajstić information content (AvgIpc) is 2.76. The number of carbonyl (C=O) groups is 6. The highest BCUT2D eigenvalue weighted by atomic mass is 16.4. The van der Waals surface area contributed by atoms with Crippen molar-refractivity contribution < 1.29 is 39.0 Å². The van der Waals surface area contributed by atoms with E-state index in [1.807, 2.05) is 0 Å². The summed E-state index contributed by atoms with van der Waals surface area (Å²) < 4.78 is 0. The first-order chi connectivity index (χ1) is 16.6. The van der Waals surface area contributed by atoms with E-state index in [1.165, 1.54) is 24.3 Å². The highest BCUT2D eigenvalue weighted by molar-refractivity contribution is 6.23. The molecule has 0 bridgehead atoms. The maximum atomic E-state index is 12.8. The van der Waals surface area contributed by atoms with Crippen molar-refractivity contribution in [1.82, 2.24) is 0 Å². The van der Waals surface area contributed by atoms with E-state index >= 15 is 0 Å². The van der Waals surface area contributed by atoms with Crippen LogP contribution >= 0.6 is 0 Å². The minimum absolute atomic E-state index is 0.0791. The lowest BCUT2D eigenvalue weighted by Gasteiger charge is -2.19. The van der Waals surface area contributed by atoms with Crippen molar-refractivity contribution >= 4 is 35.1 Å². The Balaban J connectivity index is 2.05. The van der Waals surface area contributed by atoms with E-state index in [0.29, 0.717) is 25.7 Å². The fourth-order valence-corrected chi connectivity index (χ4v) is 3.82. The summed E-state index contributed by atoms with van der Waals surface area (Å²) in [5.41, 5.74) is -1.20. The third-order valence-corrected chi connectivity index (χ3v) is 6.43. The topological polar surface area (TPSA) is 143 Å². The average molecular weight is 497 g/mol. The van der Waals surface area contributed by atoms with Crippen LogP contribution in [0, 0.1) is 10.8 Å². The van der Waals surface area contributed by atoms with E-state index in [4.69, 9.17) is 0 Å². The first-order valence-electron chi connectivity index (χ1n) is 11.8. The molecule has 0 aromatic heterocycles. The van der Waals surface area contributed by atoms with Gasteiger partial charge in [-0.05, 0) is 90.5 Å². The van der Waals surface area contributed by atoms with Crippen LogP contribution in [0.3, 0.4) is 0 Å². The summed E-state index contributed by atoms with van der Waals surface area (Å²) in [5, 5.41) is 18.5. The summed E-state index contributed by atoms with van der Waals surface area (Å²) in [6.45, 7) is 6.38. The first kappa shape index (κ1) is 28.6. The molecule has 0 spiro atoms. The zero-order chi connectivity index (χ0) is 27.3. The van der Waals surface area contributed by atoms with E-state index in [1.54, 1.807) is 27.7 Å². The molecule has 0 aromatic carbocycles. The Labute approximate surface area is 210 Å². The van der Waals surface area contributed by atoms with Crippen molar-refractivity contribution in [2.45, 2.75) is 66.2 Å². The van der Waals surface area contributed by atoms with Crippen molar-refractivity contribution in [3.63, 3.8) is 0 Å². The second-order valence-corrected chi connectivity index (χ2v) is 10.4. The molecule has 0 saturated carbocycles. The molecule has 36 heavy (non-hydrogen) atoms. The number of ketones is 4. The lowest BCUT2D eigenvalue weighted by Crippen LogP contribution is -2.23. The predicted molar refractivity (Wildman–Crippen MR) is 132 cm³/mol. The van der Waals surface area contributed by atoms with E-state index < -0.39 is 22.8 Å². The number of carbonyl (C=O) groups excluding carboxylic acids is 4. The number of carboxylic acid groups (broad SMARTS) is 2. The van der Waals surface area contributed by atoms with Gasteiger partial charge in [0, 0.05) is 22.3 Å². The third kappa shape index (κ3) is 7.41. The van der Waals surface area contributed by atoms with Crippen LogP contribution in [0.15, 0.2) is 58.7 Å². The lowest BCUT2D eigenvalue weighted by atomic mass is 9.84. The summed E-state index contributed by atoms with van der Waals surface area (Å²) in [7, 11) is 0. The van der Waals surface area contributed by atoms with Crippen LogP contribution in [-0.4, -0.2) is 45.3 Å². The highest BCUT2D eigenvalue weighted by Crippen LogP contribution is 2.28. The van der Waals surface area contributed by atoms with E-state index in [-0.39, 0.29) is 58.3 Å². The largest absolute Gasteiger partial charge is 0.481 e. The minimum atomic E-state index is -0.949. The number of hydrogen-bond acceptors (Lipinski definition) is 6. The van der Waals surface area contributed by atoms with Crippen LogP contribution in [0.25, 0.3) is 0 Å². The number of carboxylic acids is 2. The molecule has 2 rings (SSSR count). The molecule has 0 aromatic rings. The summed E-state index contributed by atoms with van der Waals surface area (Å²) in [6.07, 6.45) is 9.42. The molecule has 0 aliphatic heterocycles. The van der Waals surface area contributed by atoms with Crippen LogP contribution < -0.4 is 0 Å². The molecule has 0 atom stereocenters. The Kier molecular flexibility index (Phi) is 9.02. The molecular weight excluding hydrogens is 464 g/mol. The Morgan fingerprint density at radius 2 is 1.00 bits per heavy atom. The van der Waals surface area contributed by atoms with Crippen molar-refractivity contribution in [1.29, 1.82) is 0 Å². The van der Waals surface area contributed by atoms with Gasteiger partial charge in [-0.1, -0.05) is 12.2 Å². The minimum Gasteiger partial charge on any atom is -0.481 e. The van der Waals surface area contributed by atoms with Crippen LogP contribution in [0.4, 0.5) is 0 Å². The van der Waals surface area contributed by atoms with Crippen molar-refractivity contribution in [3.8, 4) is 0 Å². The van der Waals surface area contributed by atoms with Crippen LogP contribution in [-0.2, 0) is 28.8 Å². The molecule has 0 unspecified atom stereocenters. The van der Waals surface area contributed by atoms with Gasteiger partial charge in [0.1, 0.15) is 0 Å². The Morgan fingerprint density at radius 1 is 0.667 bits per heavy atom. The van der Waals surface area contributed by atoms with Crippen molar-refractivity contribution in [3.05, 3.63) is 58.7 Å². The summed E-state index contributed by atoms with van der Waals surface area (Å²) in [6, 6.07) is 0. The standard InChI is InChI=1S/C28H32O8/c1-27(2,25(33)34)11-5-7-17-13-21(29)15-19(23(17)31)9-10-20-16-22(30)14-18(24(20)32)8-6-12-28(3,4)26(35)36/h9-10,13-16H,5-8,11-12H2,1-4H3,(H,33,34)(H,35,36). The van der Waals surface area contributed by atoms with Crippen molar-refractivity contribution in [2.75, 3.05) is 0 Å². The molecule has 0 radical (unpaired) electrons. The Morgan fingerprint density at radius 3 is 1.31 bits per heavy atom. The Hall–Kier alpha value is -3.68. The molecule has 0 fully saturated rings. The van der Waals surface area contributed by atoms with Gasteiger partial charge >= 0.3 is 11.9 Å².